The van der Waals surface area contributed by atoms with Gasteiger partial charge in [-0.1, -0.05) is 5.16 Å². The summed E-state index contributed by atoms with van der Waals surface area (Å²) in [5.74, 6) is -0.333. The first kappa shape index (κ1) is 17.1. The highest BCUT2D eigenvalue weighted by molar-refractivity contribution is 9.10. The van der Waals surface area contributed by atoms with Crippen LogP contribution in [0.1, 0.15) is 57.0 Å². The number of nitrogens with zero attached hydrogens (tertiary/aromatic N) is 1. The minimum absolute atomic E-state index is 0.187. The molecule has 0 saturated carbocycles. The van der Waals surface area contributed by atoms with Gasteiger partial charge in [-0.3, -0.25) is 0 Å². The summed E-state index contributed by atoms with van der Waals surface area (Å²) in [5, 5.41) is 3.73. The molecule has 0 aliphatic rings. The number of carbonyl (C=O) groups excluding carboxylic acids is 1. The molecule has 20 heavy (non-hydrogen) atoms. The maximum Gasteiger partial charge on any atom is 0.345 e. The van der Waals surface area contributed by atoms with E-state index in [2.05, 4.69) is 21.1 Å². The van der Waals surface area contributed by atoms with E-state index in [1.165, 1.54) is 0 Å². The van der Waals surface area contributed by atoms with Crippen LogP contribution < -0.4 is 0 Å². The summed E-state index contributed by atoms with van der Waals surface area (Å²) < 4.78 is 21.6. The van der Waals surface area contributed by atoms with Gasteiger partial charge in [0.05, 0.1) is 0 Å². The highest BCUT2D eigenvalue weighted by Gasteiger charge is 2.31. The smallest absolute Gasteiger partial charge is 0.345 e. The Hall–Kier alpha value is -0.920. The SMILES string of the molecule is CCOC(OCC)c1onc(Br)c1C(=O)OC(C)(C)C. The lowest BCUT2D eigenvalue weighted by Gasteiger charge is -2.20. The van der Waals surface area contributed by atoms with E-state index in [9.17, 15) is 4.79 Å². The minimum Gasteiger partial charge on any atom is -0.456 e. The Morgan fingerprint density at radius 2 is 1.85 bits per heavy atom. The molecule has 1 aromatic heterocycles. The van der Waals surface area contributed by atoms with Crippen LogP contribution in [0.15, 0.2) is 9.13 Å². The van der Waals surface area contributed by atoms with Gasteiger partial charge in [-0.05, 0) is 50.5 Å². The molecule has 0 radical (unpaired) electrons. The molecule has 0 unspecified atom stereocenters. The Morgan fingerprint density at radius 3 is 2.30 bits per heavy atom. The van der Waals surface area contributed by atoms with Crippen molar-refractivity contribution < 1.29 is 23.5 Å². The van der Waals surface area contributed by atoms with Gasteiger partial charge in [0.25, 0.3) is 0 Å². The summed E-state index contributed by atoms with van der Waals surface area (Å²) in [7, 11) is 0. The highest BCUT2D eigenvalue weighted by atomic mass is 79.9. The molecule has 0 aromatic carbocycles. The van der Waals surface area contributed by atoms with Crippen LogP contribution in [-0.2, 0) is 14.2 Å². The standard InChI is InChI=1S/C13H20BrNO5/c1-6-17-12(18-7-2)9-8(10(14)15-20-9)11(16)19-13(3,4)5/h12H,6-7H2,1-5H3. The lowest BCUT2D eigenvalue weighted by atomic mass is 10.2. The van der Waals surface area contributed by atoms with Gasteiger partial charge >= 0.3 is 5.97 Å². The van der Waals surface area contributed by atoms with E-state index < -0.39 is 17.9 Å². The maximum atomic E-state index is 12.2. The molecular formula is C13H20BrNO5. The largest absolute Gasteiger partial charge is 0.456 e. The average Bonchev–Trinajstić information content (AvgIpc) is 2.68. The van der Waals surface area contributed by atoms with Gasteiger partial charge in [0, 0.05) is 13.2 Å². The highest BCUT2D eigenvalue weighted by Crippen LogP contribution is 2.30. The van der Waals surface area contributed by atoms with E-state index in [0.29, 0.717) is 13.2 Å². The first-order chi connectivity index (χ1) is 9.30. The average molecular weight is 350 g/mol. The lowest BCUT2D eigenvalue weighted by Crippen LogP contribution is -2.25. The Balaban J connectivity index is 3.07. The first-order valence-electron chi connectivity index (χ1n) is 6.41. The van der Waals surface area contributed by atoms with Crippen molar-refractivity contribution in [3.8, 4) is 0 Å². The van der Waals surface area contributed by atoms with Crippen molar-refractivity contribution in [2.75, 3.05) is 13.2 Å². The topological polar surface area (TPSA) is 70.8 Å². The van der Waals surface area contributed by atoms with Crippen LogP contribution in [0.4, 0.5) is 0 Å². The zero-order chi connectivity index (χ0) is 15.3. The number of halogens is 1. The van der Waals surface area contributed by atoms with Crippen LogP contribution in [-0.4, -0.2) is 29.9 Å². The molecule has 114 valence electrons. The van der Waals surface area contributed by atoms with Gasteiger partial charge in [-0.15, -0.1) is 0 Å². The van der Waals surface area contributed by atoms with Crippen LogP contribution in [0.25, 0.3) is 0 Å². The molecule has 1 aromatic rings. The van der Waals surface area contributed by atoms with E-state index in [0.717, 1.165) is 0 Å². The zero-order valence-electron chi connectivity index (χ0n) is 12.4. The summed E-state index contributed by atoms with van der Waals surface area (Å²) >= 11 is 3.18. The Kier molecular flexibility index (Phi) is 6.16. The van der Waals surface area contributed by atoms with E-state index in [1.54, 1.807) is 20.8 Å². The van der Waals surface area contributed by atoms with Crippen LogP contribution in [0.2, 0.25) is 0 Å². The first-order valence-corrected chi connectivity index (χ1v) is 7.21. The molecule has 0 spiro atoms. The number of rotatable bonds is 6. The van der Waals surface area contributed by atoms with Crippen molar-refractivity contribution in [2.45, 2.75) is 46.5 Å². The number of hydrogen-bond acceptors (Lipinski definition) is 6. The molecule has 1 rings (SSSR count). The van der Waals surface area contributed by atoms with E-state index in [-0.39, 0.29) is 15.9 Å². The molecule has 0 saturated heterocycles. The number of ether oxygens (including phenoxy) is 3. The lowest BCUT2D eigenvalue weighted by molar-refractivity contribution is -0.152. The Morgan fingerprint density at radius 1 is 1.30 bits per heavy atom. The second kappa shape index (κ2) is 7.19. The van der Waals surface area contributed by atoms with Gasteiger partial charge in [-0.25, -0.2) is 4.79 Å². The van der Waals surface area contributed by atoms with Crippen molar-refractivity contribution in [1.82, 2.24) is 5.16 Å². The fourth-order valence-electron chi connectivity index (χ4n) is 1.46. The molecular weight excluding hydrogens is 330 g/mol. The van der Waals surface area contributed by atoms with Crippen LogP contribution in [0.5, 0.6) is 0 Å². The van der Waals surface area contributed by atoms with Crippen molar-refractivity contribution in [3.05, 3.63) is 15.9 Å². The predicted octanol–water partition coefficient (Wildman–Crippen LogP) is 3.46. The second-order valence-electron chi connectivity index (χ2n) is 4.96. The van der Waals surface area contributed by atoms with Crippen LogP contribution in [0.3, 0.4) is 0 Å². The van der Waals surface area contributed by atoms with Gasteiger partial charge in [0.1, 0.15) is 11.2 Å². The summed E-state index contributed by atoms with van der Waals surface area (Å²) in [5.41, 5.74) is -0.426. The van der Waals surface area contributed by atoms with E-state index in [1.807, 2.05) is 13.8 Å². The third-order valence-electron chi connectivity index (χ3n) is 2.13. The maximum absolute atomic E-state index is 12.2. The normalized spacial score (nSPS) is 11.9. The van der Waals surface area contributed by atoms with E-state index in [4.69, 9.17) is 18.7 Å². The summed E-state index contributed by atoms with van der Waals surface area (Å²) in [6.45, 7) is 9.83. The molecule has 6 nitrogen and oxygen atoms in total. The van der Waals surface area contributed by atoms with Crippen molar-refractivity contribution in [1.29, 1.82) is 0 Å². The van der Waals surface area contributed by atoms with Crippen molar-refractivity contribution >= 4 is 21.9 Å². The third kappa shape index (κ3) is 4.57. The van der Waals surface area contributed by atoms with Gasteiger partial charge in [-0.2, -0.15) is 0 Å². The summed E-state index contributed by atoms with van der Waals surface area (Å²) in [4.78, 5) is 12.2. The number of aromatic nitrogens is 1. The van der Waals surface area contributed by atoms with Crippen molar-refractivity contribution in [3.63, 3.8) is 0 Å². The Bertz CT molecular complexity index is 446. The van der Waals surface area contributed by atoms with E-state index >= 15 is 0 Å². The molecule has 0 bridgehead atoms. The van der Waals surface area contributed by atoms with Gasteiger partial charge in [0.15, 0.2) is 4.60 Å². The number of esters is 1. The van der Waals surface area contributed by atoms with Crippen LogP contribution >= 0.6 is 15.9 Å². The molecule has 7 heteroatoms. The fourth-order valence-corrected chi connectivity index (χ4v) is 1.89. The molecule has 0 fully saturated rings. The van der Waals surface area contributed by atoms with Crippen LogP contribution in [0, 0.1) is 0 Å². The van der Waals surface area contributed by atoms with Gasteiger partial charge in [0.2, 0.25) is 12.1 Å². The van der Waals surface area contributed by atoms with Crippen molar-refractivity contribution in [2.24, 2.45) is 0 Å². The fraction of sp³-hybridized carbons (Fsp3) is 0.692. The third-order valence-corrected chi connectivity index (χ3v) is 2.67. The molecule has 0 aliphatic heterocycles. The predicted molar refractivity (Wildman–Crippen MR) is 75.4 cm³/mol. The number of carbonyl (C=O) groups is 1. The molecule has 1 heterocycles. The van der Waals surface area contributed by atoms with Gasteiger partial charge < -0.3 is 18.7 Å². The second-order valence-corrected chi connectivity index (χ2v) is 5.71. The monoisotopic (exact) mass is 349 g/mol. The molecule has 0 aliphatic carbocycles. The molecule has 0 atom stereocenters. The minimum atomic E-state index is -0.786. The quantitative estimate of drug-likeness (QED) is 0.578. The Labute approximate surface area is 126 Å². The number of hydrogen-bond donors (Lipinski definition) is 0. The summed E-state index contributed by atoms with van der Waals surface area (Å²) in [6.07, 6.45) is -0.786. The molecule has 0 N–H and O–H groups in total. The molecule has 0 amide bonds. The zero-order valence-corrected chi connectivity index (χ0v) is 13.9. The summed E-state index contributed by atoms with van der Waals surface area (Å²) in [6, 6.07) is 0.